The van der Waals surface area contributed by atoms with Gasteiger partial charge in [-0.15, -0.1) is 0 Å². The molecule has 2 saturated carbocycles. The van der Waals surface area contributed by atoms with Gasteiger partial charge < -0.3 is 10.3 Å². The van der Waals surface area contributed by atoms with E-state index in [2.05, 4.69) is 16.4 Å². The van der Waals surface area contributed by atoms with E-state index in [1.165, 1.54) is 18.2 Å². The third-order valence-electron chi connectivity index (χ3n) is 6.78. The molecule has 2 aliphatic rings. The number of hydrogen-bond donors (Lipinski definition) is 2. The number of rotatable bonds is 9. The third kappa shape index (κ3) is 5.62. The average Bonchev–Trinajstić information content (AvgIpc) is 3.49. The highest BCUT2D eigenvalue weighted by atomic mass is 35.5. The van der Waals surface area contributed by atoms with Crippen molar-refractivity contribution in [2.45, 2.75) is 63.8 Å². The molecule has 2 aliphatic carbocycles. The van der Waals surface area contributed by atoms with Crippen LogP contribution in [0.3, 0.4) is 0 Å². The van der Waals surface area contributed by atoms with E-state index in [1.807, 2.05) is 0 Å². The molecule has 0 aliphatic heterocycles. The molecule has 4 rings (SSSR count). The van der Waals surface area contributed by atoms with Crippen molar-refractivity contribution in [2.24, 2.45) is 17.8 Å². The Morgan fingerprint density at radius 3 is 2.70 bits per heavy atom. The van der Waals surface area contributed by atoms with Gasteiger partial charge >= 0.3 is 0 Å². The van der Waals surface area contributed by atoms with Crippen LogP contribution in [0.4, 0.5) is 4.39 Å². The van der Waals surface area contributed by atoms with Crippen molar-refractivity contribution in [2.75, 3.05) is 0 Å². The summed E-state index contributed by atoms with van der Waals surface area (Å²) in [5.41, 5.74) is 0.556. The summed E-state index contributed by atoms with van der Waals surface area (Å²) in [7, 11) is 0. The summed E-state index contributed by atoms with van der Waals surface area (Å²) in [6.45, 7) is 0. The number of amides is 1. The van der Waals surface area contributed by atoms with Crippen molar-refractivity contribution >= 4 is 40.0 Å². The fourth-order valence-electron chi connectivity index (χ4n) is 4.70. The summed E-state index contributed by atoms with van der Waals surface area (Å²) in [4.78, 5) is 41.1. The van der Waals surface area contributed by atoms with Crippen LogP contribution < -0.4 is 5.32 Å². The van der Waals surface area contributed by atoms with E-state index in [9.17, 15) is 24.0 Å². The van der Waals surface area contributed by atoms with E-state index in [0.29, 0.717) is 35.7 Å². The topological polar surface area (TPSA) is 103 Å². The van der Waals surface area contributed by atoms with Gasteiger partial charge in [0, 0.05) is 30.1 Å². The molecule has 3 atom stereocenters. The van der Waals surface area contributed by atoms with Gasteiger partial charge in [-0.05, 0) is 49.8 Å². The van der Waals surface area contributed by atoms with Crippen molar-refractivity contribution in [3.8, 4) is 6.07 Å². The fourth-order valence-corrected chi connectivity index (χ4v) is 4.91. The van der Waals surface area contributed by atoms with E-state index in [0.717, 1.165) is 32.1 Å². The van der Waals surface area contributed by atoms with Crippen LogP contribution in [-0.2, 0) is 9.59 Å². The van der Waals surface area contributed by atoms with Gasteiger partial charge in [-0.2, -0.15) is 5.26 Å². The van der Waals surface area contributed by atoms with Gasteiger partial charge in [-0.3, -0.25) is 14.4 Å². The lowest BCUT2D eigenvalue weighted by atomic mass is 9.83. The Balaban J connectivity index is 1.45. The van der Waals surface area contributed by atoms with Gasteiger partial charge in [0.25, 0.3) is 0 Å². The number of ketones is 2. The van der Waals surface area contributed by atoms with Crippen LogP contribution in [0.15, 0.2) is 18.2 Å². The normalized spacial score (nSPS) is 20.3. The standard InChI is InChI=1S/C25H27ClFN3O3/c26-19-7-8-20(27)18-12-21(30-24(18)19)23(32)11-16(9-14-5-6-14)25(33)29-17(13-28)10-15-3-1-2-4-22(15)31/h7-8,12,14-17,30H,1-6,9-11H2,(H,29,33). The van der Waals surface area contributed by atoms with Gasteiger partial charge in [0.1, 0.15) is 17.6 Å². The van der Waals surface area contributed by atoms with Crippen molar-refractivity contribution in [3.05, 3.63) is 34.7 Å². The molecule has 0 saturated heterocycles. The van der Waals surface area contributed by atoms with Gasteiger partial charge in [0.05, 0.1) is 22.3 Å². The van der Waals surface area contributed by atoms with Crippen LogP contribution in [0, 0.1) is 34.9 Å². The molecular formula is C25H27ClFN3O3. The maximum absolute atomic E-state index is 14.1. The summed E-state index contributed by atoms with van der Waals surface area (Å²) < 4.78 is 14.1. The summed E-state index contributed by atoms with van der Waals surface area (Å²) in [5, 5.41) is 12.9. The molecule has 1 heterocycles. The Labute approximate surface area is 196 Å². The predicted molar refractivity (Wildman–Crippen MR) is 122 cm³/mol. The number of nitriles is 1. The molecule has 8 heteroatoms. The zero-order valence-corrected chi connectivity index (χ0v) is 19.1. The van der Waals surface area contributed by atoms with E-state index in [-0.39, 0.29) is 40.9 Å². The Morgan fingerprint density at radius 1 is 1.24 bits per heavy atom. The van der Waals surface area contributed by atoms with Crippen molar-refractivity contribution in [1.29, 1.82) is 5.26 Å². The first-order valence-corrected chi connectivity index (χ1v) is 12.0. The lowest BCUT2D eigenvalue weighted by Crippen LogP contribution is -2.41. The smallest absolute Gasteiger partial charge is 0.224 e. The zero-order valence-electron chi connectivity index (χ0n) is 18.3. The molecule has 0 spiro atoms. The molecule has 174 valence electrons. The number of halogens is 2. The van der Waals surface area contributed by atoms with E-state index in [4.69, 9.17) is 11.6 Å². The number of hydrogen-bond acceptors (Lipinski definition) is 4. The second kappa shape index (κ2) is 10.0. The van der Waals surface area contributed by atoms with E-state index < -0.39 is 17.8 Å². The van der Waals surface area contributed by atoms with E-state index in [1.54, 1.807) is 0 Å². The highest BCUT2D eigenvalue weighted by molar-refractivity contribution is 6.35. The van der Waals surface area contributed by atoms with Crippen molar-refractivity contribution in [1.82, 2.24) is 10.3 Å². The molecule has 0 radical (unpaired) electrons. The number of H-pyrrole nitrogens is 1. The molecule has 2 N–H and O–H groups in total. The minimum Gasteiger partial charge on any atom is -0.351 e. The molecule has 0 bridgehead atoms. The third-order valence-corrected chi connectivity index (χ3v) is 7.10. The number of carbonyl (C=O) groups excluding carboxylic acids is 3. The number of aromatic nitrogens is 1. The Hall–Kier alpha value is -2.72. The maximum atomic E-state index is 14.1. The van der Waals surface area contributed by atoms with Crippen LogP contribution in [-0.4, -0.2) is 28.5 Å². The average molecular weight is 472 g/mol. The summed E-state index contributed by atoms with van der Waals surface area (Å²) in [6.07, 6.45) is 5.98. The molecule has 1 amide bonds. The van der Waals surface area contributed by atoms with Gasteiger partial charge in [-0.1, -0.05) is 30.9 Å². The Bertz CT molecular complexity index is 1080. The molecule has 2 aromatic rings. The Kier molecular flexibility index (Phi) is 7.14. The van der Waals surface area contributed by atoms with Crippen LogP contribution in [0.5, 0.6) is 0 Å². The number of carbonyl (C=O) groups is 3. The number of nitrogens with one attached hydrogen (secondary N) is 2. The highest BCUT2D eigenvalue weighted by Crippen LogP contribution is 2.37. The van der Waals surface area contributed by atoms with E-state index >= 15 is 0 Å². The first kappa shape index (κ1) is 23.4. The minimum absolute atomic E-state index is 0.0467. The number of benzene rings is 1. The fraction of sp³-hybridized carbons (Fsp3) is 0.520. The largest absolute Gasteiger partial charge is 0.351 e. The number of nitrogens with zero attached hydrogens (tertiary/aromatic N) is 1. The van der Waals surface area contributed by atoms with Gasteiger partial charge in [0.2, 0.25) is 5.91 Å². The lowest BCUT2D eigenvalue weighted by molar-refractivity contribution is -0.127. The quantitative estimate of drug-likeness (QED) is 0.496. The Morgan fingerprint density at radius 2 is 2.03 bits per heavy atom. The van der Waals surface area contributed by atoms with Crippen LogP contribution in [0.1, 0.15) is 68.3 Å². The van der Waals surface area contributed by atoms with Crippen molar-refractivity contribution < 1.29 is 18.8 Å². The molecule has 33 heavy (non-hydrogen) atoms. The summed E-state index contributed by atoms with van der Waals surface area (Å²) >= 11 is 6.12. The lowest BCUT2D eigenvalue weighted by Gasteiger charge is -2.24. The SMILES string of the molecule is N#CC(CC1CCCCC1=O)NC(=O)C(CC(=O)c1cc2c(F)ccc(Cl)c2[nH]1)CC1CC1. The molecular weight excluding hydrogens is 445 g/mol. The molecule has 1 aromatic heterocycles. The second-order valence-electron chi connectivity index (χ2n) is 9.34. The number of aromatic amines is 1. The molecule has 2 fully saturated rings. The first-order chi connectivity index (χ1) is 15.9. The number of Topliss-reactive ketones (excluding diaryl/α,β-unsaturated/α-hetero) is 2. The summed E-state index contributed by atoms with van der Waals surface area (Å²) in [6, 6.07) is 5.44. The zero-order chi connectivity index (χ0) is 23.5. The minimum atomic E-state index is -0.762. The first-order valence-electron chi connectivity index (χ1n) is 11.6. The molecule has 6 nitrogen and oxygen atoms in total. The second-order valence-corrected chi connectivity index (χ2v) is 9.75. The predicted octanol–water partition coefficient (Wildman–Crippen LogP) is 5.11. The summed E-state index contributed by atoms with van der Waals surface area (Å²) in [5.74, 6) is -1.36. The molecule has 1 aromatic carbocycles. The molecule has 3 unspecified atom stereocenters. The van der Waals surface area contributed by atoms with Crippen LogP contribution in [0.25, 0.3) is 10.9 Å². The van der Waals surface area contributed by atoms with Crippen LogP contribution >= 0.6 is 11.6 Å². The van der Waals surface area contributed by atoms with Gasteiger partial charge in [-0.25, -0.2) is 4.39 Å². The monoisotopic (exact) mass is 471 g/mol. The highest BCUT2D eigenvalue weighted by Gasteiger charge is 2.33. The maximum Gasteiger partial charge on any atom is 0.224 e. The van der Waals surface area contributed by atoms with Crippen LogP contribution in [0.2, 0.25) is 5.02 Å². The van der Waals surface area contributed by atoms with Crippen molar-refractivity contribution in [3.63, 3.8) is 0 Å². The number of fused-ring (bicyclic) bond motifs is 1. The van der Waals surface area contributed by atoms with Gasteiger partial charge in [0.15, 0.2) is 5.78 Å².